The van der Waals surface area contributed by atoms with Gasteiger partial charge in [-0.3, -0.25) is 4.99 Å². The summed E-state index contributed by atoms with van der Waals surface area (Å²) in [5, 5.41) is 6.20. The van der Waals surface area contributed by atoms with E-state index >= 15 is 0 Å². The normalized spacial score (nSPS) is 12.3. The molecule has 0 amide bonds. The van der Waals surface area contributed by atoms with Gasteiger partial charge >= 0.3 is 0 Å². The van der Waals surface area contributed by atoms with Gasteiger partial charge in [-0.2, -0.15) is 0 Å². The third-order valence-corrected chi connectivity index (χ3v) is 4.91. The number of hydrogen-bond acceptors (Lipinski definition) is 4. The zero-order valence-electron chi connectivity index (χ0n) is 15.6. The predicted molar refractivity (Wildman–Crippen MR) is 115 cm³/mol. The van der Waals surface area contributed by atoms with Gasteiger partial charge in [0.15, 0.2) is 15.8 Å². The van der Waals surface area contributed by atoms with E-state index in [9.17, 15) is 8.42 Å². The lowest BCUT2D eigenvalue weighted by Crippen LogP contribution is -2.39. The van der Waals surface area contributed by atoms with Crippen molar-refractivity contribution < 1.29 is 13.2 Å². The Labute approximate surface area is 168 Å². The molecular formula is C17H30IN3O3S. The lowest BCUT2D eigenvalue weighted by molar-refractivity contribution is 0.129. The molecule has 6 nitrogen and oxygen atoms in total. The predicted octanol–water partition coefficient (Wildman–Crippen LogP) is 2.58. The van der Waals surface area contributed by atoms with Crippen molar-refractivity contribution in [3.05, 3.63) is 29.8 Å². The van der Waals surface area contributed by atoms with Gasteiger partial charge in [0.25, 0.3) is 0 Å². The second-order valence-corrected chi connectivity index (χ2v) is 8.88. The van der Waals surface area contributed by atoms with Crippen LogP contribution in [0.3, 0.4) is 0 Å². The molecule has 0 fully saturated rings. The molecule has 0 saturated carbocycles. The fourth-order valence-electron chi connectivity index (χ4n) is 1.95. The Morgan fingerprint density at radius 2 is 1.84 bits per heavy atom. The molecule has 0 unspecified atom stereocenters. The van der Waals surface area contributed by atoms with Crippen LogP contribution in [0.1, 0.15) is 33.3 Å². The van der Waals surface area contributed by atoms with Crippen LogP contribution in [-0.2, 0) is 16.4 Å². The van der Waals surface area contributed by atoms with Gasteiger partial charge in [-0.15, -0.1) is 24.0 Å². The van der Waals surface area contributed by atoms with E-state index < -0.39 is 9.84 Å². The Kier molecular flexibility index (Phi) is 10.4. The number of nitrogens with zero attached hydrogens (tertiary/aromatic N) is 1. The number of aliphatic imine (C=N–C) groups is 1. The lowest BCUT2D eigenvalue weighted by Gasteiger charge is -2.23. The third kappa shape index (κ3) is 9.88. The quantitative estimate of drug-likeness (QED) is 0.354. The van der Waals surface area contributed by atoms with E-state index in [1.165, 1.54) is 0 Å². The van der Waals surface area contributed by atoms with Crippen LogP contribution in [0, 0.1) is 0 Å². The second-order valence-electron chi connectivity index (χ2n) is 6.41. The molecule has 0 spiro atoms. The minimum absolute atomic E-state index is 0. The smallest absolute Gasteiger partial charge is 0.191 e. The highest BCUT2D eigenvalue weighted by Crippen LogP contribution is 2.22. The molecular weight excluding hydrogens is 453 g/mol. The second kappa shape index (κ2) is 10.8. The molecule has 1 aromatic carbocycles. The summed E-state index contributed by atoms with van der Waals surface area (Å²) in [5.74, 6) is 1.62. The van der Waals surface area contributed by atoms with Crippen LogP contribution >= 0.6 is 24.0 Å². The summed E-state index contributed by atoms with van der Waals surface area (Å²) >= 11 is 0. The van der Waals surface area contributed by atoms with Gasteiger partial charge < -0.3 is 15.4 Å². The Morgan fingerprint density at radius 3 is 2.40 bits per heavy atom. The Hall–Kier alpha value is -1.03. The van der Waals surface area contributed by atoms with E-state index in [-0.39, 0.29) is 41.1 Å². The zero-order valence-corrected chi connectivity index (χ0v) is 18.8. The maximum atomic E-state index is 11.5. The van der Waals surface area contributed by atoms with Crippen LogP contribution in [-0.4, -0.2) is 45.1 Å². The van der Waals surface area contributed by atoms with Crippen LogP contribution in [0.5, 0.6) is 5.75 Å². The van der Waals surface area contributed by atoms with Crippen molar-refractivity contribution in [1.29, 1.82) is 0 Å². The number of para-hydroxylation sites is 1. The number of sulfone groups is 1. The summed E-state index contributed by atoms with van der Waals surface area (Å²) < 4.78 is 29.0. The molecule has 0 aliphatic heterocycles. The van der Waals surface area contributed by atoms with Crippen LogP contribution < -0.4 is 15.4 Å². The fourth-order valence-corrected chi connectivity index (χ4v) is 2.65. The summed E-state index contributed by atoms with van der Waals surface area (Å²) in [7, 11) is -1.33. The lowest BCUT2D eigenvalue weighted by atomic mass is 10.1. The first-order valence-corrected chi connectivity index (χ1v) is 9.91. The van der Waals surface area contributed by atoms with Gasteiger partial charge in [0.1, 0.15) is 11.4 Å². The van der Waals surface area contributed by atoms with E-state index in [0.717, 1.165) is 11.3 Å². The molecule has 8 heteroatoms. The number of hydrogen-bond donors (Lipinski definition) is 2. The Balaban J connectivity index is 0.00000576. The van der Waals surface area contributed by atoms with Crippen molar-refractivity contribution in [1.82, 2.24) is 10.6 Å². The minimum atomic E-state index is -2.98. The van der Waals surface area contributed by atoms with Crippen molar-refractivity contribution in [3.63, 3.8) is 0 Å². The Morgan fingerprint density at radius 1 is 1.20 bits per heavy atom. The molecule has 0 aliphatic rings. The molecule has 0 heterocycles. The number of ether oxygens (including phenoxy) is 1. The molecule has 1 rings (SSSR count). The summed E-state index contributed by atoms with van der Waals surface area (Å²) in [5.41, 5.74) is 0.737. The van der Waals surface area contributed by atoms with E-state index in [1.807, 2.05) is 45.0 Å². The fraction of sp³-hybridized carbons (Fsp3) is 0.588. The van der Waals surface area contributed by atoms with Crippen molar-refractivity contribution in [2.75, 3.05) is 25.1 Å². The first kappa shape index (κ1) is 24.0. The van der Waals surface area contributed by atoms with E-state index in [4.69, 9.17) is 4.74 Å². The van der Waals surface area contributed by atoms with Gasteiger partial charge in [0.2, 0.25) is 0 Å². The number of benzene rings is 1. The molecule has 25 heavy (non-hydrogen) atoms. The van der Waals surface area contributed by atoms with Crippen LogP contribution in [0.2, 0.25) is 0 Å². The molecule has 2 N–H and O–H groups in total. The summed E-state index contributed by atoms with van der Waals surface area (Å²) in [4.78, 5) is 4.11. The average molecular weight is 483 g/mol. The summed E-state index contributed by atoms with van der Waals surface area (Å²) in [6, 6.07) is 7.82. The van der Waals surface area contributed by atoms with Gasteiger partial charge in [0.05, 0.1) is 5.75 Å². The number of halogens is 1. The molecule has 144 valence electrons. The van der Waals surface area contributed by atoms with Crippen LogP contribution in [0.15, 0.2) is 29.3 Å². The highest BCUT2D eigenvalue weighted by Gasteiger charge is 2.14. The molecule has 0 aromatic heterocycles. The molecule has 0 saturated heterocycles. The maximum Gasteiger partial charge on any atom is 0.191 e. The van der Waals surface area contributed by atoms with E-state index in [2.05, 4.69) is 15.6 Å². The summed E-state index contributed by atoms with van der Waals surface area (Å²) in [6.07, 6.45) is 0. The van der Waals surface area contributed by atoms with Crippen LogP contribution in [0.25, 0.3) is 0 Å². The third-order valence-electron chi connectivity index (χ3n) is 3.20. The first-order valence-electron chi connectivity index (χ1n) is 8.08. The molecule has 0 aliphatic carbocycles. The van der Waals surface area contributed by atoms with Gasteiger partial charge in [-0.25, -0.2) is 8.42 Å². The largest absolute Gasteiger partial charge is 0.488 e. The monoisotopic (exact) mass is 483 g/mol. The Bertz CT molecular complexity index is 655. The number of rotatable bonds is 7. The molecule has 0 bridgehead atoms. The van der Waals surface area contributed by atoms with E-state index in [0.29, 0.717) is 19.0 Å². The van der Waals surface area contributed by atoms with Crippen molar-refractivity contribution in [3.8, 4) is 5.75 Å². The number of nitrogens with one attached hydrogen (secondary N) is 2. The van der Waals surface area contributed by atoms with Crippen LogP contribution in [0.4, 0.5) is 0 Å². The average Bonchev–Trinajstić information content (AvgIpc) is 2.50. The van der Waals surface area contributed by atoms with Gasteiger partial charge in [-0.1, -0.05) is 25.1 Å². The SMILES string of the molecule is CCS(=O)(=O)CCNC(=NC)NCc1ccccc1OC(C)(C)C.I. The highest BCUT2D eigenvalue weighted by molar-refractivity contribution is 14.0. The van der Waals surface area contributed by atoms with Gasteiger partial charge in [0, 0.05) is 31.5 Å². The van der Waals surface area contributed by atoms with Crippen molar-refractivity contribution in [2.24, 2.45) is 4.99 Å². The zero-order chi connectivity index (χ0) is 18.2. The minimum Gasteiger partial charge on any atom is -0.488 e. The van der Waals surface area contributed by atoms with Crippen molar-refractivity contribution in [2.45, 2.75) is 39.8 Å². The highest BCUT2D eigenvalue weighted by atomic mass is 127. The number of guanidine groups is 1. The molecule has 0 radical (unpaired) electrons. The molecule has 1 aromatic rings. The molecule has 0 atom stereocenters. The summed E-state index contributed by atoms with van der Waals surface area (Å²) in [6.45, 7) is 8.53. The van der Waals surface area contributed by atoms with Crippen molar-refractivity contribution >= 4 is 39.8 Å². The topological polar surface area (TPSA) is 79.8 Å². The van der Waals surface area contributed by atoms with E-state index in [1.54, 1.807) is 14.0 Å². The maximum absolute atomic E-state index is 11.5. The van der Waals surface area contributed by atoms with Gasteiger partial charge in [-0.05, 0) is 26.8 Å². The standard InChI is InChI=1S/C17H29N3O3S.HI/c1-6-24(21,22)12-11-19-16(18-5)20-13-14-9-7-8-10-15(14)23-17(2,3)4;/h7-10H,6,11-13H2,1-5H3,(H2,18,19,20);1H. The first-order chi connectivity index (χ1) is 11.2.